The van der Waals surface area contributed by atoms with Crippen LogP contribution in [-0.4, -0.2) is 30.8 Å². The van der Waals surface area contributed by atoms with Gasteiger partial charge in [0.1, 0.15) is 39.5 Å². The summed E-state index contributed by atoms with van der Waals surface area (Å²) in [6.45, 7) is 1.16. The molecule has 0 saturated carbocycles. The Labute approximate surface area is 193 Å². The van der Waals surface area contributed by atoms with E-state index in [4.69, 9.17) is 18.6 Å². The van der Waals surface area contributed by atoms with Crippen molar-refractivity contribution in [2.45, 2.75) is 6.92 Å². The molecule has 1 heterocycles. The van der Waals surface area contributed by atoms with Crippen molar-refractivity contribution in [2.75, 3.05) is 13.7 Å². The number of esters is 2. The van der Waals surface area contributed by atoms with Crippen LogP contribution >= 0.6 is 0 Å². The molecule has 1 aromatic heterocycles. The van der Waals surface area contributed by atoms with E-state index in [1.165, 1.54) is 31.4 Å². The predicted octanol–water partition coefficient (Wildman–Crippen LogP) is 4.25. The highest BCUT2D eigenvalue weighted by Gasteiger charge is 2.19. The van der Waals surface area contributed by atoms with E-state index in [0.29, 0.717) is 16.9 Å². The van der Waals surface area contributed by atoms with Gasteiger partial charge in [-0.25, -0.2) is 9.59 Å². The summed E-state index contributed by atoms with van der Waals surface area (Å²) in [6.07, 6.45) is 0. The second-order valence-electron chi connectivity index (χ2n) is 7.36. The van der Waals surface area contributed by atoms with E-state index in [0.717, 1.165) is 0 Å². The van der Waals surface area contributed by atoms with E-state index < -0.39 is 24.0 Å². The molecule has 4 rings (SSSR count). The van der Waals surface area contributed by atoms with Gasteiger partial charge in [0.05, 0.1) is 7.11 Å². The Morgan fingerprint density at radius 2 is 1.76 bits per heavy atom. The molecule has 8 nitrogen and oxygen atoms in total. The molecule has 3 aromatic carbocycles. The van der Waals surface area contributed by atoms with Crippen molar-refractivity contribution in [1.29, 1.82) is 0 Å². The summed E-state index contributed by atoms with van der Waals surface area (Å²) in [6, 6.07) is 17.7. The Hall–Kier alpha value is -4.59. The molecule has 4 aromatic rings. The van der Waals surface area contributed by atoms with Crippen LogP contribution < -0.4 is 14.9 Å². The Kier molecular flexibility index (Phi) is 6.31. The lowest BCUT2D eigenvalue weighted by atomic mass is 10.1. The number of methoxy groups -OCH3 is 1. The fraction of sp³-hybridized carbons (Fsp3) is 0.115. The first kappa shape index (κ1) is 22.6. The Bertz CT molecular complexity index is 1440. The molecule has 34 heavy (non-hydrogen) atoms. The molecule has 0 spiro atoms. The van der Waals surface area contributed by atoms with E-state index in [2.05, 4.69) is 0 Å². The lowest BCUT2D eigenvalue weighted by molar-refractivity contribution is -0.136. The van der Waals surface area contributed by atoms with E-state index in [1.807, 2.05) is 18.2 Å². The van der Waals surface area contributed by atoms with Gasteiger partial charge in [0.25, 0.3) is 0 Å². The van der Waals surface area contributed by atoms with E-state index in [9.17, 15) is 19.5 Å². The molecule has 0 atom stereocenters. The number of carbonyl (C=O) groups excluding carboxylic acids is 2. The highest BCUT2D eigenvalue weighted by Crippen LogP contribution is 2.31. The molecule has 1 N–H and O–H groups in total. The third kappa shape index (κ3) is 4.61. The third-order valence-electron chi connectivity index (χ3n) is 5.05. The van der Waals surface area contributed by atoms with Crippen molar-refractivity contribution in [2.24, 2.45) is 0 Å². The zero-order chi connectivity index (χ0) is 24.2. The number of aryl methyl sites for hydroxylation is 1. The summed E-state index contributed by atoms with van der Waals surface area (Å²) in [4.78, 5) is 36.9. The molecule has 8 heteroatoms. The third-order valence-corrected chi connectivity index (χ3v) is 5.05. The summed E-state index contributed by atoms with van der Waals surface area (Å²) < 4.78 is 21.3. The van der Waals surface area contributed by atoms with Gasteiger partial charge < -0.3 is 23.7 Å². The van der Waals surface area contributed by atoms with Gasteiger partial charge in [0.15, 0.2) is 12.0 Å². The van der Waals surface area contributed by atoms with Crippen LogP contribution in [0.3, 0.4) is 0 Å². The molecular weight excluding hydrogens is 440 g/mol. The summed E-state index contributed by atoms with van der Waals surface area (Å²) >= 11 is 0. The molecule has 0 saturated heterocycles. The average Bonchev–Trinajstić information content (AvgIpc) is 2.82. The standard InChI is InChI=1S/C26H20O8/c1-15-7-6-10-20(24(15)26(30)31-2)34-23(29)14-32-17-11-18(27)25-19(28)13-21(33-22(25)12-17)16-8-4-3-5-9-16/h3-13,27H,14H2,1-2H3. The quantitative estimate of drug-likeness (QED) is 0.336. The van der Waals surface area contributed by atoms with Gasteiger partial charge in [-0.15, -0.1) is 0 Å². The second-order valence-corrected chi connectivity index (χ2v) is 7.36. The van der Waals surface area contributed by atoms with Crippen molar-refractivity contribution in [1.82, 2.24) is 0 Å². The largest absolute Gasteiger partial charge is 0.507 e. The molecule has 172 valence electrons. The summed E-state index contributed by atoms with van der Waals surface area (Å²) in [5, 5.41) is 10.3. The van der Waals surface area contributed by atoms with Crippen molar-refractivity contribution in [3.05, 3.63) is 88.1 Å². The first-order chi connectivity index (χ1) is 16.4. The number of hydrogen-bond donors (Lipinski definition) is 1. The van der Waals surface area contributed by atoms with Gasteiger partial charge in [-0.1, -0.05) is 42.5 Å². The number of carbonyl (C=O) groups is 2. The number of rotatable bonds is 6. The molecule has 0 aliphatic heterocycles. The fourth-order valence-corrected chi connectivity index (χ4v) is 3.46. The molecular formula is C26H20O8. The first-order valence-electron chi connectivity index (χ1n) is 10.2. The zero-order valence-corrected chi connectivity index (χ0v) is 18.4. The Morgan fingerprint density at radius 1 is 1.00 bits per heavy atom. The lowest BCUT2D eigenvalue weighted by Gasteiger charge is -2.12. The number of phenolic OH excluding ortho intramolecular Hbond substituents is 1. The fourth-order valence-electron chi connectivity index (χ4n) is 3.46. The molecule has 0 bridgehead atoms. The second kappa shape index (κ2) is 9.50. The van der Waals surface area contributed by atoms with Crippen LogP contribution in [0.5, 0.6) is 17.2 Å². The van der Waals surface area contributed by atoms with Crippen molar-refractivity contribution >= 4 is 22.9 Å². The van der Waals surface area contributed by atoms with Crippen molar-refractivity contribution < 1.29 is 33.3 Å². The van der Waals surface area contributed by atoms with Crippen LogP contribution in [0.25, 0.3) is 22.3 Å². The molecule has 0 aliphatic rings. The van der Waals surface area contributed by atoms with Gasteiger partial charge in [-0.2, -0.15) is 0 Å². The smallest absolute Gasteiger partial charge is 0.349 e. The SMILES string of the molecule is COC(=O)c1c(C)cccc1OC(=O)COc1cc(O)c2c(=O)cc(-c3ccccc3)oc2c1. The van der Waals surface area contributed by atoms with Crippen LogP contribution in [-0.2, 0) is 9.53 Å². The Morgan fingerprint density at radius 3 is 2.50 bits per heavy atom. The van der Waals surface area contributed by atoms with Crippen LogP contribution in [0.15, 0.2) is 75.9 Å². The molecule has 0 radical (unpaired) electrons. The maximum absolute atomic E-state index is 12.5. The minimum atomic E-state index is -0.783. The maximum atomic E-state index is 12.5. The van der Waals surface area contributed by atoms with Gasteiger partial charge >= 0.3 is 11.9 Å². The van der Waals surface area contributed by atoms with Crippen LogP contribution in [0, 0.1) is 6.92 Å². The number of phenols is 1. The molecule has 0 amide bonds. The first-order valence-corrected chi connectivity index (χ1v) is 10.2. The number of fused-ring (bicyclic) bond motifs is 1. The average molecular weight is 460 g/mol. The maximum Gasteiger partial charge on any atom is 0.349 e. The van der Waals surface area contributed by atoms with Crippen LogP contribution in [0.1, 0.15) is 15.9 Å². The minimum absolute atomic E-state index is 0.00270. The van der Waals surface area contributed by atoms with E-state index >= 15 is 0 Å². The Balaban J connectivity index is 1.56. The van der Waals surface area contributed by atoms with Gasteiger partial charge in [-0.3, -0.25) is 4.79 Å². The zero-order valence-electron chi connectivity index (χ0n) is 18.4. The van der Waals surface area contributed by atoms with Crippen molar-refractivity contribution in [3.8, 4) is 28.6 Å². The number of aromatic hydroxyl groups is 1. The minimum Gasteiger partial charge on any atom is -0.507 e. The van der Waals surface area contributed by atoms with Gasteiger partial charge in [0.2, 0.25) is 0 Å². The van der Waals surface area contributed by atoms with Gasteiger partial charge in [0, 0.05) is 23.8 Å². The highest BCUT2D eigenvalue weighted by molar-refractivity contribution is 5.95. The summed E-state index contributed by atoms with van der Waals surface area (Å²) in [7, 11) is 1.23. The highest BCUT2D eigenvalue weighted by atomic mass is 16.6. The summed E-state index contributed by atoms with van der Waals surface area (Å²) in [5.41, 5.74) is 1.09. The van der Waals surface area contributed by atoms with E-state index in [1.54, 1.807) is 31.2 Å². The topological polar surface area (TPSA) is 112 Å². The lowest BCUT2D eigenvalue weighted by Crippen LogP contribution is -2.19. The molecule has 0 unspecified atom stereocenters. The van der Waals surface area contributed by atoms with Crippen LogP contribution in [0.2, 0.25) is 0 Å². The van der Waals surface area contributed by atoms with Crippen LogP contribution in [0.4, 0.5) is 0 Å². The predicted molar refractivity (Wildman–Crippen MR) is 123 cm³/mol. The van der Waals surface area contributed by atoms with Crippen molar-refractivity contribution in [3.63, 3.8) is 0 Å². The number of hydrogen-bond acceptors (Lipinski definition) is 8. The number of ether oxygens (including phenoxy) is 3. The van der Waals surface area contributed by atoms with E-state index in [-0.39, 0.29) is 33.8 Å². The normalized spacial score (nSPS) is 10.6. The van der Waals surface area contributed by atoms with Gasteiger partial charge in [-0.05, 0) is 18.6 Å². The molecule has 0 aliphatic carbocycles. The monoisotopic (exact) mass is 460 g/mol. The summed E-state index contributed by atoms with van der Waals surface area (Å²) in [5.74, 6) is -1.31. The molecule has 0 fully saturated rings. The number of benzene rings is 3.